The van der Waals surface area contributed by atoms with Crippen molar-refractivity contribution in [1.29, 1.82) is 0 Å². The van der Waals surface area contributed by atoms with Crippen LogP contribution in [0.25, 0.3) is 0 Å². The molecule has 1 aromatic heterocycles. The molecule has 1 unspecified atom stereocenters. The Morgan fingerprint density at radius 2 is 1.85 bits per heavy atom. The minimum absolute atomic E-state index is 0.0195. The number of thiophene rings is 1. The fourth-order valence-electron chi connectivity index (χ4n) is 3.56. The number of likely N-dealkylation sites (N-methyl/N-ethyl adjacent to an activating group) is 1. The molecule has 6 nitrogen and oxygen atoms in total. The molecule has 0 radical (unpaired) electrons. The van der Waals surface area contributed by atoms with Crippen LogP contribution in [0.1, 0.15) is 39.7 Å². The first-order valence-electron chi connectivity index (χ1n) is 11.0. The summed E-state index contributed by atoms with van der Waals surface area (Å²) in [7, 11) is 5.60. The maximum absolute atomic E-state index is 12.8. The summed E-state index contributed by atoms with van der Waals surface area (Å²) >= 11 is 1.71. The topological polar surface area (TPSA) is 70.7 Å². The van der Waals surface area contributed by atoms with Gasteiger partial charge in [-0.15, -0.1) is 11.3 Å². The predicted molar refractivity (Wildman–Crippen MR) is 134 cm³/mol. The average molecular weight is 466 g/mol. The molecule has 174 valence electrons. The SMILES string of the molecule is COc1ccc(C(CNC(=O)c2cccc(NC(=O)CCCc3cccs3)c2)N(C)C)cc1. The summed E-state index contributed by atoms with van der Waals surface area (Å²) in [4.78, 5) is 28.4. The Morgan fingerprint density at radius 3 is 2.52 bits per heavy atom. The van der Waals surface area contributed by atoms with E-state index < -0.39 is 0 Å². The van der Waals surface area contributed by atoms with Crippen molar-refractivity contribution in [3.05, 3.63) is 82.0 Å². The number of hydrogen-bond donors (Lipinski definition) is 2. The molecular weight excluding hydrogens is 434 g/mol. The number of methoxy groups -OCH3 is 1. The molecule has 2 N–H and O–H groups in total. The lowest BCUT2D eigenvalue weighted by Crippen LogP contribution is -2.34. The lowest BCUT2D eigenvalue weighted by atomic mass is 10.1. The summed E-state index contributed by atoms with van der Waals surface area (Å²) in [6.07, 6.45) is 2.14. The summed E-state index contributed by atoms with van der Waals surface area (Å²) in [5.74, 6) is 0.575. The number of rotatable bonds is 11. The van der Waals surface area contributed by atoms with Gasteiger partial charge < -0.3 is 20.3 Å². The average Bonchev–Trinajstić information content (AvgIpc) is 3.33. The molecule has 0 saturated heterocycles. The van der Waals surface area contributed by atoms with E-state index >= 15 is 0 Å². The third-order valence-corrected chi connectivity index (χ3v) is 6.33. The minimum Gasteiger partial charge on any atom is -0.497 e. The molecule has 3 aromatic rings. The number of carbonyl (C=O) groups excluding carboxylic acids is 2. The molecule has 33 heavy (non-hydrogen) atoms. The van der Waals surface area contributed by atoms with Crippen molar-refractivity contribution in [3.63, 3.8) is 0 Å². The normalized spacial score (nSPS) is 11.8. The largest absolute Gasteiger partial charge is 0.497 e. The van der Waals surface area contributed by atoms with E-state index in [9.17, 15) is 9.59 Å². The molecule has 0 aliphatic carbocycles. The molecule has 0 saturated carbocycles. The Hall–Kier alpha value is -3.16. The third-order valence-electron chi connectivity index (χ3n) is 5.40. The molecule has 3 rings (SSSR count). The van der Waals surface area contributed by atoms with Crippen LogP contribution >= 0.6 is 11.3 Å². The molecule has 2 aromatic carbocycles. The van der Waals surface area contributed by atoms with Crippen LogP contribution in [-0.4, -0.2) is 44.5 Å². The Balaban J connectivity index is 1.53. The van der Waals surface area contributed by atoms with Gasteiger partial charge in [-0.2, -0.15) is 0 Å². The number of aryl methyl sites for hydroxylation is 1. The number of nitrogens with zero attached hydrogens (tertiary/aromatic N) is 1. The Kier molecular flexibility index (Phi) is 9.04. The van der Waals surface area contributed by atoms with Crippen LogP contribution in [0.4, 0.5) is 5.69 Å². The highest BCUT2D eigenvalue weighted by Crippen LogP contribution is 2.21. The van der Waals surface area contributed by atoms with Gasteiger partial charge in [-0.25, -0.2) is 0 Å². The lowest BCUT2D eigenvalue weighted by molar-refractivity contribution is -0.116. The molecule has 2 amide bonds. The van der Waals surface area contributed by atoms with Crippen molar-refractivity contribution < 1.29 is 14.3 Å². The van der Waals surface area contributed by atoms with E-state index in [0.29, 0.717) is 24.2 Å². The van der Waals surface area contributed by atoms with Crippen molar-refractivity contribution >= 4 is 28.8 Å². The Morgan fingerprint density at radius 1 is 1.06 bits per heavy atom. The predicted octanol–water partition coefficient (Wildman–Crippen LogP) is 4.75. The molecular formula is C26H31N3O3S. The highest BCUT2D eigenvalue weighted by molar-refractivity contribution is 7.09. The molecule has 7 heteroatoms. The zero-order chi connectivity index (χ0) is 23.6. The van der Waals surface area contributed by atoms with E-state index in [0.717, 1.165) is 24.2 Å². The highest BCUT2D eigenvalue weighted by atomic mass is 32.1. The zero-order valence-electron chi connectivity index (χ0n) is 19.3. The number of ether oxygens (including phenoxy) is 1. The van der Waals surface area contributed by atoms with Gasteiger partial charge >= 0.3 is 0 Å². The van der Waals surface area contributed by atoms with Gasteiger partial charge in [-0.1, -0.05) is 24.3 Å². The maximum atomic E-state index is 12.8. The summed E-state index contributed by atoms with van der Waals surface area (Å²) < 4.78 is 5.23. The fraction of sp³-hybridized carbons (Fsp3) is 0.308. The second-order valence-corrected chi connectivity index (χ2v) is 9.06. The molecule has 1 heterocycles. The number of anilines is 1. The quantitative estimate of drug-likeness (QED) is 0.429. The van der Waals surface area contributed by atoms with Crippen LogP contribution < -0.4 is 15.4 Å². The smallest absolute Gasteiger partial charge is 0.251 e. The van der Waals surface area contributed by atoms with Gasteiger partial charge in [0.15, 0.2) is 0 Å². The molecule has 1 atom stereocenters. The number of carbonyl (C=O) groups is 2. The first-order valence-corrected chi connectivity index (χ1v) is 11.8. The van der Waals surface area contributed by atoms with Crippen LogP contribution in [-0.2, 0) is 11.2 Å². The van der Waals surface area contributed by atoms with Crippen LogP contribution in [0.5, 0.6) is 5.75 Å². The van der Waals surface area contributed by atoms with Gasteiger partial charge in [0.25, 0.3) is 5.91 Å². The monoisotopic (exact) mass is 465 g/mol. The first kappa shape index (κ1) is 24.5. The van der Waals surface area contributed by atoms with Crippen molar-refractivity contribution in [2.45, 2.75) is 25.3 Å². The second-order valence-electron chi connectivity index (χ2n) is 8.02. The number of benzene rings is 2. The van der Waals surface area contributed by atoms with Crippen molar-refractivity contribution in [2.24, 2.45) is 0 Å². The van der Waals surface area contributed by atoms with E-state index in [-0.39, 0.29) is 17.9 Å². The number of amides is 2. The summed E-state index contributed by atoms with van der Waals surface area (Å²) in [6.45, 7) is 0.456. The molecule has 0 spiro atoms. The summed E-state index contributed by atoms with van der Waals surface area (Å²) in [6, 6.07) is 19.0. The molecule has 0 aliphatic rings. The molecule has 0 fully saturated rings. The molecule has 0 bridgehead atoms. The van der Waals surface area contributed by atoms with Gasteiger partial charge in [0.2, 0.25) is 5.91 Å². The maximum Gasteiger partial charge on any atom is 0.251 e. The Bertz CT molecular complexity index is 1030. The van der Waals surface area contributed by atoms with Crippen LogP contribution in [0, 0.1) is 0 Å². The fourth-order valence-corrected chi connectivity index (χ4v) is 4.31. The van der Waals surface area contributed by atoms with Crippen LogP contribution in [0.3, 0.4) is 0 Å². The summed E-state index contributed by atoms with van der Waals surface area (Å²) in [5.41, 5.74) is 2.23. The van der Waals surface area contributed by atoms with Gasteiger partial charge in [-0.05, 0) is 74.3 Å². The zero-order valence-corrected chi connectivity index (χ0v) is 20.2. The number of nitrogens with one attached hydrogen (secondary N) is 2. The molecule has 0 aliphatic heterocycles. The standard InChI is InChI=1S/C26H31N3O3S/c1-29(2)24(19-12-14-22(32-3)15-13-19)18-27-26(31)20-7-4-8-21(17-20)28-25(30)11-5-9-23-10-6-16-33-23/h4,6-8,10,12-17,24H,5,9,11,18H2,1-3H3,(H,27,31)(H,28,30). The Labute approximate surface area is 199 Å². The van der Waals surface area contributed by atoms with E-state index in [1.54, 1.807) is 42.7 Å². The van der Waals surface area contributed by atoms with Gasteiger partial charge in [0, 0.05) is 29.1 Å². The van der Waals surface area contributed by atoms with E-state index in [1.807, 2.05) is 49.8 Å². The van der Waals surface area contributed by atoms with Gasteiger partial charge in [0.1, 0.15) is 5.75 Å². The minimum atomic E-state index is -0.177. The van der Waals surface area contributed by atoms with Crippen molar-refractivity contribution in [2.75, 3.05) is 33.1 Å². The highest BCUT2D eigenvalue weighted by Gasteiger charge is 2.16. The van der Waals surface area contributed by atoms with Crippen molar-refractivity contribution in [1.82, 2.24) is 10.2 Å². The second kappa shape index (κ2) is 12.2. The van der Waals surface area contributed by atoms with E-state index in [1.165, 1.54) is 4.88 Å². The van der Waals surface area contributed by atoms with Crippen LogP contribution in [0.2, 0.25) is 0 Å². The van der Waals surface area contributed by atoms with E-state index in [2.05, 4.69) is 21.6 Å². The summed E-state index contributed by atoms with van der Waals surface area (Å²) in [5, 5.41) is 7.96. The van der Waals surface area contributed by atoms with Crippen LogP contribution in [0.15, 0.2) is 66.0 Å². The van der Waals surface area contributed by atoms with Gasteiger partial charge in [-0.3, -0.25) is 9.59 Å². The third kappa shape index (κ3) is 7.44. The first-order chi connectivity index (χ1) is 16.0. The lowest BCUT2D eigenvalue weighted by Gasteiger charge is -2.25. The van der Waals surface area contributed by atoms with Gasteiger partial charge in [0.05, 0.1) is 13.2 Å². The van der Waals surface area contributed by atoms with E-state index in [4.69, 9.17) is 4.74 Å². The number of hydrogen-bond acceptors (Lipinski definition) is 5. The van der Waals surface area contributed by atoms with Crippen molar-refractivity contribution in [3.8, 4) is 5.75 Å².